The number of nitrogen functional groups attached to an aromatic ring is 1. The van der Waals surface area contributed by atoms with E-state index in [4.69, 9.17) is 33.7 Å². The van der Waals surface area contributed by atoms with Gasteiger partial charge in [0.2, 0.25) is 0 Å². The molecule has 19 heavy (non-hydrogen) atoms. The van der Waals surface area contributed by atoms with E-state index >= 15 is 0 Å². The molecular formula is C14H11Cl2NO2. The lowest BCUT2D eigenvalue weighted by atomic mass is 10.0. The van der Waals surface area contributed by atoms with Crippen LogP contribution in [0.15, 0.2) is 36.4 Å². The van der Waals surface area contributed by atoms with Crippen LogP contribution in [0, 0.1) is 0 Å². The highest BCUT2D eigenvalue weighted by atomic mass is 35.5. The quantitative estimate of drug-likeness (QED) is 0.692. The van der Waals surface area contributed by atoms with Crippen LogP contribution in [0.5, 0.6) is 5.75 Å². The number of ketones is 1. The van der Waals surface area contributed by atoms with Crippen LogP contribution >= 0.6 is 23.2 Å². The van der Waals surface area contributed by atoms with Crippen molar-refractivity contribution in [1.82, 2.24) is 0 Å². The molecule has 0 radical (unpaired) electrons. The zero-order chi connectivity index (χ0) is 14.0. The summed E-state index contributed by atoms with van der Waals surface area (Å²) in [6.07, 6.45) is 0. The fourth-order valence-electron chi connectivity index (χ4n) is 1.76. The number of hydrogen-bond acceptors (Lipinski definition) is 3. The van der Waals surface area contributed by atoms with Gasteiger partial charge in [-0.1, -0.05) is 23.2 Å². The highest BCUT2D eigenvalue weighted by Crippen LogP contribution is 2.27. The maximum absolute atomic E-state index is 12.4. The molecule has 0 aliphatic rings. The van der Waals surface area contributed by atoms with E-state index in [0.29, 0.717) is 32.6 Å². The maximum atomic E-state index is 12.4. The number of methoxy groups -OCH3 is 1. The van der Waals surface area contributed by atoms with Crippen molar-refractivity contribution in [3.05, 3.63) is 57.6 Å². The summed E-state index contributed by atoms with van der Waals surface area (Å²) in [5.74, 6) is 0.210. The van der Waals surface area contributed by atoms with E-state index in [2.05, 4.69) is 0 Å². The molecule has 98 valence electrons. The summed E-state index contributed by atoms with van der Waals surface area (Å²) in [5, 5.41) is 0.864. The predicted octanol–water partition coefficient (Wildman–Crippen LogP) is 3.82. The van der Waals surface area contributed by atoms with Gasteiger partial charge in [0.1, 0.15) is 5.75 Å². The summed E-state index contributed by atoms with van der Waals surface area (Å²) in [4.78, 5) is 12.4. The topological polar surface area (TPSA) is 52.3 Å². The third-order valence-corrected chi connectivity index (χ3v) is 3.04. The van der Waals surface area contributed by atoms with Gasteiger partial charge in [0, 0.05) is 21.3 Å². The van der Waals surface area contributed by atoms with Crippen LogP contribution in [0.3, 0.4) is 0 Å². The molecule has 0 aliphatic heterocycles. The Kier molecular flexibility index (Phi) is 3.98. The van der Waals surface area contributed by atoms with Crippen LogP contribution in [-0.4, -0.2) is 12.9 Å². The average molecular weight is 296 g/mol. The van der Waals surface area contributed by atoms with Gasteiger partial charge in [-0.05, 0) is 36.4 Å². The lowest BCUT2D eigenvalue weighted by Gasteiger charge is -2.09. The van der Waals surface area contributed by atoms with Crippen LogP contribution in [0.2, 0.25) is 10.0 Å². The van der Waals surface area contributed by atoms with Crippen molar-refractivity contribution < 1.29 is 9.53 Å². The molecule has 0 fully saturated rings. The fraction of sp³-hybridized carbons (Fsp3) is 0.0714. The molecule has 5 heteroatoms. The standard InChI is InChI=1S/C14H11Cl2NO2/c1-19-13-3-2-9(15)7-12(13)14(18)8-4-10(16)6-11(17)5-8/h2-7H,17H2,1H3. The van der Waals surface area contributed by atoms with Crippen molar-refractivity contribution in [2.75, 3.05) is 12.8 Å². The van der Waals surface area contributed by atoms with Crippen LogP contribution in [-0.2, 0) is 0 Å². The predicted molar refractivity (Wildman–Crippen MR) is 77.3 cm³/mol. The van der Waals surface area contributed by atoms with E-state index in [1.807, 2.05) is 0 Å². The summed E-state index contributed by atoms with van der Waals surface area (Å²) in [7, 11) is 1.49. The molecule has 0 aliphatic carbocycles. The largest absolute Gasteiger partial charge is 0.496 e. The number of nitrogens with two attached hydrogens (primary N) is 1. The van der Waals surface area contributed by atoms with Crippen LogP contribution in [0.25, 0.3) is 0 Å². The van der Waals surface area contributed by atoms with E-state index in [0.717, 1.165) is 0 Å². The number of hydrogen-bond donors (Lipinski definition) is 1. The summed E-state index contributed by atoms with van der Waals surface area (Å²) in [6.45, 7) is 0. The molecule has 0 unspecified atom stereocenters. The number of carbonyl (C=O) groups excluding carboxylic acids is 1. The second-order valence-electron chi connectivity index (χ2n) is 3.95. The number of anilines is 1. The minimum absolute atomic E-state index is 0.242. The molecule has 0 heterocycles. The smallest absolute Gasteiger partial charge is 0.196 e. The molecule has 0 saturated carbocycles. The lowest BCUT2D eigenvalue weighted by Crippen LogP contribution is -2.05. The zero-order valence-electron chi connectivity index (χ0n) is 10.1. The molecule has 2 N–H and O–H groups in total. The monoisotopic (exact) mass is 295 g/mol. The highest BCUT2D eigenvalue weighted by molar-refractivity contribution is 6.32. The molecule has 0 spiro atoms. The number of carbonyl (C=O) groups is 1. The van der Waals surface area contributed by atoms with Crippen LogP contribution in [0.4, 0.5) is 5.69 Å². The van der Waals surface area contributed by atoms with Crippen molar-refractivity contribution in [2.45, 2.75) is 0 Å². The molecule has 3 nitrogen and oxygen atoms in total. The molecule has 0 bridgehead atoms. The number of benzene rings is 2. The third-order valence-electron chi connectivity index (χ3n) is 2.59. The highest BCUT2D eigenvalue weighted by Gasteiger charge is 2.16. The van der Waals surface area contributed by atoms with E-state index < -0.39 is 0 Å². The van der Waals surface area contributed by atoms with E-state index in [1.165, 1.54) is 7.11 Å². The Balaban J connectivity index is 2.52. The van der Waals surface area contributed by atoms with Gasteiger partial charge in [0.15, 0.2) is 5.78 Å². The van der Waals surface area contributed by atoms with Crippen molar-refractivity contribution >= 4 is 34.7 Å². The van der Waals surface area contributed by atoms with Crippen molar-refractivity contribution in [2.24, 2.45) is 0 Å². The number of rotatable bonds is 3. The summed E-state index contributed by atoms with van der Waals surface area (Å²) in [5.41, 5.74) is 6.88. The Morgan fingerprint density at radius 1 is 1.11 bits per heavy atom. The van der Waals surface area contributed by atoms with Gasteiger partial charge < -0.3 is 10.5 Å². The first-order valence-corrected chi connectivity index (χ1v) is 6.21. The van der Waals surface area contributed by atoms with E-state index in [1.54, 1.807) is 36.4 Å². The normalized spacial score (nSPS) is 10.3. The van der Waals surface area contributed by atoms with Crippen LogP contribution < -0.4 is 10.5 Å². The average Bonchev–Trinajstić information content (AvgIpc) is 2.36. The van der Waals surface area contributed by atoms with Crippen molar-refractivity contribution in [3.8, 4) is 5.75 Å². The minimum atomic E-state index is -0.242. The van der Waals surface area contributed by atoms with E-state index in [9.17, 15) is 4.79 Å². The Morgan fingerprint density at radius 3 is 2.47 bits per heavy atom. The lowest BCUT2D eigenvalue weighted by molar-refractivity contribution is 0.103. The first-order chi connectivity index (χ1) is 9.01. The SMILES string of the molecule is COc1ccc(Cl)cc1C(=O)c1cc(N)cc(Cl)c1. The summed E-state index contributed by atoms with van der Waals surface area (Å²) < 4.78 is 5.16. The van der Waals surface area contributed by atoms with Gasteiger partial charge in [-0.3, -0.25) is 4.79 Å². The van der Waals surface area contributed by atoms with Crippen LogP contribution in [0.1, 0.15) is 15.9 Å². The first-order valence-electron chi connectivity index (χ1n) is 5.45. The Bertz CT molecular complexity index is 621. The fourth-order valence-corrected chi connectivity index (χ4v) is 2.17. The number of halogens is 2. The second-order valence-corrected chi connectivity index (χ2v) is 4.82. The molecular weight excluding hydrogens is 285 g/mol. The maximum Gasteiger partial charge on any atom is 0.196 e. The minimum Gasteiger partial charge on any atom is -0.496 e. The number of ether oxygens (including phenoxy) is 1. The molecule has 2 rings (SSSR count). The van der Waals surface area contributed by atoms with Gasteiger partial charge in [0.05, 0.1) is 12.7 Å². The van der Waals surface area contributed by atoms with Gasteiger partial charge in [-0.15, -0.1) is 0 Å². The Hall–Kier alpha value is -1.71. The van der Waals surface area contributed by atoms with Crippen molar-refractivity contribution in [3.63, 3.8) is 0 Å². The molecule has 0 atom stereocenters. The molecule has 2 aromatic carbocycles. The van der Waals surface area contributed by atoms with Gasteiger partial charge >= 0.3 is 0 Å². The summed E-state index contributed by atoms with van der Waals surface area (Å²) in [6, 6.07) is 9.55. The zero-order valence-corrected chi connectivity index (χ0v) is 11.6. The van der Waals surface area contributed by atoms with E-state index in [-0.39, 0.29) is 5.78 Å². The first kappa shape index (κ1) is 13.7. The van der Waals surface area contributed by atoms with Gasteiger partial charge in [0.25, 0.3) is 0 Å². The van der Waals surface area contributed by atoms with Crippen molar-refractivity contribution in [1.29, 1.82) is 0 Å². The van der Waals surface area contributed by atoms with Gasteiger partial charge in [-0.2, -0.15) is 0 Å². The second kappa shape index (κ2) is 5.51. The molecule has 0 aromatic heterocycles. The molecule has 0 saturated heterocycles. The Labute approximate surface area is 120 Å². The molecule has 2 aromatic rings. The third kappa shape index (κ3) is 3.00. The van der Waals surface area contributed by atoms with Gasteiger partial charge in [-0.25, -0.2) is 0 Å². The Morgan fingerprint density at radius 2 is 1.84 bits per heavy atom. The molecule has 0 amide bonds. The summed E-state index contributed by atoms with van der Waals surface area (Å²) >= 11 is 11.8.